The van der Waals surface area contributed by atoms with E-state index >= 15 is 0 Å². The highest BCUT2D eigenvalue weighted by molar-refractivity contribution is 6.23. The molecule has 1 saturated carbocycles. The van der Waals surface area contributed by atoms with Gasteiger partial charge in [-0.15, -0.1) is 0 Å². The van der Waals surface area contributed by atoms with E-state index < -0.39 is 0 Å². The molecule has 3 aliphatic rings. The molecule has 0 aromatic heterocycles. The van der Waals surface area contributed by atoms with Crippen molar-refractivity contribution in [2.75, 3.05) is 4.90 Å². The monoisotopic (exact) mass is 321 g/mol. The quantitative estimate of drug-likeness (QED) is 0.478. The number of rotatable bonds is 2. The molecule has 4 rings (SSSR count). The number of allylic oxidation sites excluding steroid dienone is 4. The molecule has 122 valence electrons. The Labute approximate surface area is 140 Å². The summed E-state index contributed by atoms with van der Waals surface area (Å²) in [7, 11) is 0. The molecule has 0 spiro atoms. The van der Waals surface area contributed by atoms with Gasteiger partial charge < -0.3 is 0 Å². The predicted molar refractivity (Wildman–Crippen MR) is 90.4 cm³/mol. The molecule has 0 radical (unpaired) electrons. The first kappa shape index (κ1) is 15.1. The van der Waals surface area contributed by atoms with E-state index in [1.54, 1.807) is 24.3 Å². The largest absolute Gasteiger partial charge is 0.295 e. The Morgan fingerprint density at radius 3 is 1.79 bits per heavy atom. The van der Waals surface area contributed by atoms with Gasteiger partial charge in [-0.05, 0) is 45.0 Å². The van der Waals surface area contributed by atoms with Gasteiger partial charge in [-0.25, -0.2) is 4.90 Å². The molecular formula is C20H19NO3. The summed E-state index contributed by atoms with van der Waals surface area (Å²) in [5.74, 6) is -0.694. The van der Waals surface area contributed by atoms with Gasteiger partial charge in [0.2, 0.25) is 11.8 Å². The maximum atomic E-state index is 13.0. The number of fused-ring (bicyclic) bond motifs is 5. The summed E-state index contributed by atoms with van der Waals surface area (Å²) < 4.78 is 0. The van der Waals surface area contributed by atoms with Crippen molar-refractivity contribution in [3.05, 3.63) is 53.1 Å². The van der Waals surface area contributed by atoms with Crippen molar-refractivity contribution in [3.8, 4) is 0 Å². The average molecular weight is 321 g/mol. The molecule has 4 nitrogen and oxygen atoms in total. The topological polar surface area (TPSA) is 54.5 Å². The van der Waals surface area contributed by atoms with Crippen LogP contribution in [0.5, 0.6) is 0 Å². The lowest BCUT2D eigenvalue weighted by atomic mass is 9.85. The molecule has 24 heavy (non-hydrogen) atoms. The maximum Gasteiger partial charge on any atom is 0.238 e. The third-order valence-electron chi connectivity index (χ3n) is 5.53. The summed E-state index contributed by atoms with van der Waals surface area (Å²) in [6, 6.07) is 6.71. The Morgan fingerprint density at radius 2 is 1.38 bits per heavy atom. The number of Topliss-reactive ketones (excluding diaryl/α,β-unsaturated/α-hetero) is 1. The first-order chi connectivity index (χ1) is 11.4. The van der Waals surface area contributed by atoms with Gasteiger partial charge >= 0.3 is 0 Å². The van der Waals surface area contributed by atoms with Crippen LogP contribution in [0.1, 0.15) is 31.1 Å². The fourth-order valence-electron chi connectivity index (χ4n) is 4.53. The molecule has 1 aliphatic heterocycles. The standard InChI is InChI=1S/C20H19NO3/c1-10(2)16-14-8-9-15(16)18-17(14)19(23)21(20(18)24)13-6-4-12(5-7-13)11(3)22/h4-9,14-15,17-18H,1-3H3/t14-,15+,17-,18+. The lowest BCUT2D eigenvalue weighted by Gasteiger charge is -2.19. The van der Waals surface area contributed by atoms with E-state index in [0.29, 0.717) is 11.3 Å². The zero-order valence-electron chi connectivity index (χ0n) is 13.9. The first-order valence-electron chi connectivity index (χ1n) is 8.26. The maximum absolute atomic E-state index is 13.0. The Balaban J connectivity index is 1.71. The fraction of sp³-hybridized carbons (Fsp3) is 0.350. The van der Waals surface area contributed by atoms with Gasteiger partial charge in [0, 0.05) is 17.4 Å². The second-order valence-electron chi connectivity index (χ2n) is 7.06. The summed E-state index contributed by atoms with van der Waals surface area (Å²) in [5.41, 5.74) is 3.59. The van der Waals surface area contributed by atoms with Crippen LogP contribution in [0.3, 0.4) is 0 Å². The smallest absolute Gasteiger partial charge is 0.238 e. The van der Waals surface area contributed by atoms with Gasteiger partial charge in [-0.1, -0.05) is 23.3 Å². The van der Waals surface area contributed by atoms with Gasteiger partial charge in [0.15, 0.2) is 5.78 Å². The van der Waals surface area contributed by atoms with Crippen LogP contribution < -0.4 is 4.90 Å². The molecule has 2 fully saturated rings. The lowest BCUT2D eigenvalue weighted by molar-refractivity contribution is -0.122. The van der Waals surface area contributed by atoms with Gasteiger partial charge in [0.05, 0.1) is 17.5 Å². The van der Waals surface area contributed by atoms with Crippen LogP contribution in [-0.2, 0) is 9.59 Å². The Hall–Kier alpha value is -2.49. The molecule has 1 aromatic rings. The molecule has 1 aromatic carbocycles. The Kier molecular flexibility index (Phi) is 3.14. The molecule has 2 amide bonds. The van der Waals surface area contributed by atoms with Crippen molar-refractivity contribution in [2.45, 2.75) is 20.8 Å². The van der Waals surface area contributed by atoms with Crippen LogP contribution in [0.15, 0.2) is 47.6 Å². The van der Waals surface area contributed by atoms with Gasteiger partial charge in [0.25, 0.3) is 0 Å². The molecule has 0 N–H and O–H groups in total. The van der Waals surface area contributed by atoms with E-state index in [1.165, 1.54) is 23.0 Å². The minimum atomic E-state index is -0.273. The number of carbonyl (C=O) groups excluding carboxylic acids is 3. The van der Waals surface area contributed by atoms with Crippen molar-refractivity contribution >= 4 is 23.3 Å². The Bertz CT molecular complexity index is 793. The third kappa shape index (κ3) is 1.83. The van der Waals surface area contributed by atoms with Gasteiger partial charge in [-0.3, -0.25) is 14.4 Å². The third-order valence-corrected chi connectivity index (χ3v) is 5.53. The minimum Gasteiger partial charge on any atom is -0.295 e. The summed E-state index contributed by atoms with van der Waals surface area (Å²) in [5, 5.41) is 0. The van der Waals surface area contributed by atoms with Crippen LogP contribution in [0.2, 0.25) is 0 Å². The average Bonchev–Trinajstić information content (AvgIpc) is 3.18. The zero-order valence-corrected chi connectivity index (χ0v) is 13.9. The second-order valence-corrected chi connectivity index (χ2v) is 7.06. The van der Waals surface area contributed by atoms with Crippen molar-refractivity contribution < 1.29 is 14.4 Å². The number of benzene rings is 1. The molecule has 4 atom stereocenters. The number of imide groups is 1. The van der Waals surface area contributed by atoms with Crippen LogP contribution in [0.4, 0.5) is 5.69 Å². The molecular weight excluding hydrogens is 302 g/mol. The number of hydrogen-bond acceptors (Lipinski definition) is 3. The molecule has 1 heterocycles. The first-order valence-corrected chi connectivity index (χ1v) is 8.26. The molecule has 2 bridgehead atoms. The van der Waals surface area contributed by atoms with Crippen LogP contribution in [-0.4, -0.2) is 17.6 Å². The summed E-state index contributed by atoms with van der Waals surface area (Å²) in [4.78, 5) is 38.6. The van der Waals surface area contributed by atoms with Crippen molar-refractivity contribution in [1.82, 2.24) is 0 Å². The van der Waals surface area contributed by atoms with Crippen molar-refractivity contribution in [3.63, 3.8) is 0 Å². The van der Waals surface area contributed by atoms with E-state index in [-0.39, 0.29) is 41.3 Å². The van der Waals surface area contributed by atoms with Crippen LogP contribution in [0, 0.1) is 23.7 Å². The summed E-state index contributed by atoms with van der Waals surface area (Å²) >= 11 is 0. The molecule has 2 aliphatic carbocycles. The van der Waals surface area contributed by atoms with Crippen molar-refractivity contribution in [2.24, 2.45) is 23.7 Å². The number of amides is 2. The number of hydrogen-bond donors (Lipinski definition) is 0. The highest BCUT2D eigenvalue weighted by atomic mass is 16.2. The SMILES string of the molecule is CC(=O)c1ccc(N2C(=O)[C@@H]3[C@H](C2=O)[C@@H]2C=C[C@H]3C2=C(C)C)cc1. The van der Waals surface area contributed by atoms with Crippen LogP contribution in [0.25, 0.3) is 0 Å². The fourth-order valence-corrected chi connectivity index (χ4v) is 4.53. The summed E-state index contributed by atoms with van der Waals surface area (Å²) in [6.45, 7) is 5.60. The zero-order chi connectivity index (χ0) is 17.2. The van der Waals surface area contributed by atoms with Gasteiger partial charge in [0.1, 0.15) is 0 Å². The van der Waals surface area contributed by atoms with Crippen molar-refractivity contribution in [1.29, 1.82) is 0 Å². The minimum absolute atomic E-state index is 0.0343. The number of nitrogens with zero attached hydrogens (tertiary/aromatic N) is 1. The van der Waals surface area contributed by atoms with E-state index in [0.717, 1.165) is 0 Å². The van der Waals surface area contributed by atoms with Gasteiger partial charge in [-0.2, -0.15) is 0 Å². The molecule has 1 saturated heterocycles. The number of carbonyl (C=O) groups is 3. The van der Waals surface area contributed by atoms with E-state index in [2.05, 4.69) is 26.0 Å². The molecule has 0 unspecified atom stereocenters. The lowest BCUT2D eigenvalue weighted by Crippen LogP contribution is -2.33. The normalized spacial score (nSPS) is 30.3. The van der Waals surface area contributed by atoms with E-state index in [1.807, 2.05) is 0 Å². The second kappa shape index (κ2) is 5.00. The number of ketones is 1. The number of anilines is 1. The predicted octanol–water partition coefficient (Wildman–Crippen LogP) is 3.15. The Morgan fingerprint density at radius 1 is 0.875 bits per heavy atom. The highest BCUT2D eigenvalue weighted by Gasteiger charge is 2.61. The summed E-state index contributed by atoms with van der Waals surface area (Å²) in [6.07, 6.45) is 4.17. The van der Waals surface area contributed by atoms with E-state index in [9.17, 15) is 14.4 Å². The van der Waals surface area contributed by atoms with E-state index in [4.69, 9.17) is 0 Å². The molecule has 4 heteroatoms. The van der Waals surface area contributed by atoms with Crippen LogP contribution >= 0.6 is 0 Å². The highest BCUT2D eigenvalue weighted by Crippen LogP contribution is 2.57.